The lowest BCUT2D eigenvalue weighted by Gasteiger charge is -2.10. The third-order valence-electron chi connectivity index (χ3n) is 7.31. The Bertz CT molecular complexity index is 2140. The SMILES string of the molecule is c1ccc2c(c1)ccc1oc3cccc(-c4ccc(-c5nc6ccccc6c6ccccc56)nc4)c3c12. The van der Waals surface area contributed by atoms with Crippen molar-refractivity contribution in [2.75, 3.05) is 0 Å². The Labute approximate surface area is 212 Å². The first-order chi connectivity index (χ1) is 18.3. The van der Waals surface area contributed by atoms with Gasteiger partial charge in [-0.15, -0.1) is 0 Å². The van der Waals surface area contributed by atoms with Crippen molar-refractivity contribution in [1.29, 1.82) is 0 Å². The van der Waals surface area contributed by atoms with Gasteiger partial charge < -0.3 is 4.42 Å². The molecule has 0 bridgehead atoms. The van der Waals surface area contributed by atoms with Crippen LogP contribution >= 0.6 is 0 Å². The minimum absolute atomic E-state index is 0.861. The highest BCUT2D eigenvalue weighted by Crippen LogP contribution is 2.40. The summed E-state index contributed by atoms with van der Waals surface area (Å²) < 4.78 is 6.27. The molecule has 0 saturated carbocycles. The van der Waals surface area contributed by atoms with Gasteiger partial charge in [-0.1, -0.05) is 91.0 Å². The maximum Gasteiger partial charge on any atom is 0.136 e. The molecular formula is C34H20N2O. The van der Waals surface area contributed by atoms with Gasteiger partial charge in [-0.25, -0.2) is 4.98 Å². The summed E-state index contributed by atoms with van der Waals surface area (Å²) in [7, 11) is 0. The number of furan rings is 1. The molecule has 0 radical (unpaired) electrons. The first kappa shape index (κ1) is 20.2. The molecule has 0 unspecified atom stereocenters. The zero-order valence-electron chi connectivity index (χ0n) is 19.8. The van der Waals surface area contributed by atoms with Crippen molar-refractivity contribution in [3.8, 4) is 22.5 Å². The molecule has 3 nitrogen and oxygen atoms in total. The molecule has 0 N–H and O–H groups in total. The van der Waals surface area contributed by atoms with E-state index in [4.69, 9.17) is 14.4 Å². The van der Waals surface area contributed by atoms with E-state index in [9.17, 15) is 0 Å². The third-order valence-corrected chi connectivity index (χ3v) is 7.31. The second-order valence-electron chi connectivity index (χ2n) is 9.40. The molecule has 3 heteroatoms. The molecule has 5 aromatic carbocycles. The molecule has 0 aliphatic heterocycles. The highest BCUT2D eigenvalue weighted by molar-refractivity contribution is 6.22. The largest absolute Gasteiger partial charge is 0.456 e. The number of rotatable bonds is 2. The second-order valence-corrected chi connectivity index (χ2v) is 9.40. The van der Waals surface area contributed by atoms with Crippen molar-refractivity contribution in [2.24, 2.45) is 0 Å². The van der Waals surface area contributed by atoms with Crippen molar-refractivity contribution in [3.05, 3.63) is 121 Å². The summed E-state index contributed by atoms with van der Waals surface area (Å²) in [6.45, 7) is 0. The van der Waals surface area contributed by atoms with Gasteiger partial charge in [-0.3, -0.25) is 4.98 Å². The van der Waals surface area contributed by atoms with Gasteiger partial charge in [-0.05, 0) is 46.0 Å². The number of nitrogens with zero attached hydrogens (tertiary/aromatic N) is 2. The van der Waals surface area contributed by atoms with Gasteiger partial charge in [0, 0.05) is 33.3 Å². The van der Waals surface area contributed by atoms with Crippen LogP contribution < -0.4 is 0 Å². The lowest BCUT2D eigenvalue weighted by molar-refractivity contribution is 0.669. The fraction of sp³-hybridized carbons (Fsp3) is 0. The van der Waals surface area contributed by atoms with Crippen LogP contribution in [-0.2, 0) is 0 Å². The predicted molar refractivity (Wildman–Crippen MR) is 153 cm³/mol. The molecule has 8 rings (SSSR count). The minimum atomic E-state index is 0.861. The van der Waals surface area contributed by atoms with E-state index in [0.29, 0.717) is 0 Å². The molecule has 37 heavy (non-hydrogen) atoms. The number of fused-ring (bicyclic) bond motifs is 8. The van der Waals surface area contributed by atoms with Crippen LogP contribution in [-0.4, -0.2) is 9.97 Å². The summed E-state index contributed by atoms with van der Waals surface area (Å²) in [4.78, 5) is 9.94. The molecule has 0 spiro atoms. The fourth-order valence-corrected chi connectivity index (χ4v) is 5.62. The van der Waals surface area contributed by atoms with Crippen LogP contribution in [0.1, 0.15) is 0 Å². The van der Waals surface area contributed by atoms with Gasteiger partial charge in [0.15, 0.2) is 0 Å². The molecule has 0 fully saturated rings. The van der Waals surface area contributed by atoms with Crippen molar-refractivity contribution in [2.45, 2.75) is 0 Å². The van der Waals surface area contributed by atoms with Crippen LogP contribution in [0.4, 0.5) is 0 Å². The summed E-state index contributed by atoms with van der Waals surface area (Å²) in [5.74, 6) is 0. The average Bonchev–Trinajstić information content (AvgIpc) is 3.36. The molecule has 3 heterocycles. The quantitative estimate of drug-likeness (QED) is 0.235. The van der Waals surface area contributed by atoms with E-state index in [2.05, 4.69) is 103 Å². The van der Waals surface area contributed by atoms with Crippen molar-refractivity contribution >= 4 is 54.4 Å². The zero-order chi connectivity index (χ0) is 24.3. The molecule has 8 aromatic rings. The second kappa shape index (κ2) is 7.74. The van der Waals surface area contributed by atoms with Gasteiger partial charge in [0.1, 0.15) is 11.2 Å². The molecule has 0 aliphatic carbocycles. The fourth-order valence-electron chi connectivity index (χ4n) is 5.62. The normalized spacial score (nSPS) is 11.8. The van der Waals surface area contributed by atoms with E-state index in [-0.39, 0.29) is 0 Å². The monoisotopic (exact) mass is 472 g/mol. The van der Waals surface area contributed by atoms with E-state index in [1.807, 2.05) is 18.3 Å². The Morgan fingerprint density at radius 3 is 2.14 bits per heavy atom. The molecule has 0 amide bonds. The van der Waals surface area contributed by atoms with E-state index in [1.54, 1.807) is 0 Å². The van der Waals surface area contributed by atoms with Crippen molar-refractivity contribution in [3.63, 3.8) is 0 Å². The van der Waals surface area contributed by atoms with Crippen molar-refractivity contribution < 1.29 is 4.42 Å². The first-order valence-electron chi connectivity index (χ1n) is 12.4. The summed E-state index contributed by atoms with van der Waals surface area (Å²) >= 11 is 0. The van der Waals surface area contributed by atoms with Gasteiger partial charge in [-0.2, -0.15) is 0 Å². The third kappa shape index (κ3) is 3.01. The smallest absolute Gasteiger partial charge is 0.136 e. The van der Waals surface area contributed by atoms with Crippen LogP contribution in [0.15, 0.2) is 126 Å². The summed E-state index contributed by atoms with van der Waals surface area (Å²) in [6, 6.07) is 39.8. The van der Waals surface area contributed by atoms with E-state index in [0.717, 1.165) is 60.7 Å². The molecule has 0 atom stereocenters. The van der Waals surface area contributed by atoms with Gasteiger partial charge in [0.25, 0.3) is 0 Å². The van der Waals surface area contributed by atoms with E-state index in [1.165, 1.54) is 16.2 Å². The number of para-hydroxylation sites is 1. The Balaban J connectivity index is 1.34. The minimum Gasteiger partial charge on any atom is -0.456 e. The number of aromatic nitrogens is 2. The summed E-state index contributed by atoms with van der Waals surface area (Å²) in [6.07, 6.45) is 1.96. The van der Waals surface area contributed by atoms with Crippen LogP contribution in [0.25, 0.3) is 76.9 Å². The first-order valence-corrected chi connectivity index (χ1v) is 12.4. The maximum atomic E-state index is 6.27. The molecule has 3 aromatic heterocycles. The number of benzene rings is 5. The van der Waals surface area contributed by atoms with E-state index < -0.39 is 0 Å². The highest BCUT2D eigenvalue weighted by atomic mass is 16.3. The lowest BCUT2D eigenvalue weighted by atomic mass is 9.97. The Hall–Kier alpha value is -5.02. The topological polar surface area (TPSA) is 38.9 Å². The lowest BCUT2D eigenvalue weighted by Crippen LogP contribution is -1.92. The van der Waals surface area contributed by atoms with Gasteiger partial charge in [0.05, 0.1) is 16.9 Å². The van der Waals surface area contributed by atoms with Crippen LogP contribution in [0.3, 0.4) is 0 Å². The number of hydrogen-bond acceptors (Lipinski definition) is 3. The number of pyridine rings is 2. The van der Waals surface area contributed by atoms with E-state index >= 15 is 0 Å². The Morgan fingerprint density at radius 1 is 0.514 bits per heavy atom. The standard InChI is InChI=1S/C34H20N2O/c1-2-9-23-21(8-1)17-19-31-32(23)33-24(13-7-15-30(33)37-31)22-16-18-29(35-20-22)34-27-12-4-3-10-25(27)26-11-5-6-14-28(26)36-34/h1-20H. The number of hydrogen-bond donors (Lipinski definition) is 0. The van der Waals surface area contributed by atoms with Crippen LogP contribution in [0.2, 0.25) is 0 Å². The average molecular weight is 473 g/mol. The Kier molecular flexibility index (Phi) is 4.23. The molecule has 0 aliphatic rings. The van der Waals surface area contributed by atoms with Gasteiger partial charge >= 0.3 is 0 Å². The summed E-state index contributed by atoms with van der Waals surface area (Å²) in [5, 5.41) is 8.13. The zero-order valence-corrected chi connectivity index (χ0v) is 19.8. The van der Waals surface area contributed by atoms with Crippen molar-refractivity contribution in [1.82, 2.24) is 9.97 Å². The predicted octanol–water partition coefficient (Wildman–Crippen LogP) is 9.17. The van der Waals surface area contributed by atoms with Crippen LogP contribution in [0.5, 0.6) is 0 Å². The van der Waals surface area contributed by atoms with Crippen LogP contribution in [0, 0.1) is 0 Å². The highest BCUT2D eigenvalue weighted by Gasteiger charge is 2.16. The molecule has 172 valence electrons. The summed E-state index contributed by atoms with van der Waals surface area (Å²) in [5.41, 5.74) is 6.69. The van der Waals surface area contributed by atoms with Gasteiger partial charge in [0.2, 0.25) is 0 Å². The maximum absolute atomic E-state index is 6.27. The molecular weight excluding hydrogens is 452 g/mol. The Morgan fingerprint density at radius 2 is 1.27 bits per heavy atom. The molecule has 0 saturated heterocycles.